The van der Waals surface area contributed by atoms with Crippen molar-refractivity contribution in [1.82, 2.24) is 10.2 Å². The van der Waals surface area contributed by atoms with E-state index < -0.39 is 0 Å². The molecule has 0 unspecified atom stereocenters. The van der Waals surface area contributed by atoms with E-state index in [2.05, 4.69) is 53.4 Å². The summed E-state index contributed by atoms with van der Waals surface area (Å²) in [6.45, 7) is 8.48. The summed E-state index contributed by atoms with van der Waals surface area (Å²) in [7, 11) is 0. The molecule has 2 N–H and O–H groups in total. The van der Waals surface area contributed by atoms with Gasteiger partial charge in [-0.25, -0.2) is 0 Å². The number of amides is 1. The Bertz CT molecular complexity index is 677. The number of anilines is 2. The summed E-state index contributed by atoms with van der Waals surface area (Å²) in [6, 6.07) is 6.16. The fourth-order valence-corrected chi connectivity index (χ4v) is 3.76. The lowest BCUT2D eigenvalue weighted by Gasteiger charge is -2.14. The second-order valence-corrected chi connectivity index (χ2v) is 7.24. The van der Waals surface area contributed by atoms with Crippen molar-refractivity contribution in [2.24, 2.45) is 0 Å². The predicted molar refractivity (Wildman–Crippen MR) is 103 cm³/mol. The Balaban J connectivity index is 1.94. The van der Waals surface area contributed by atoms with Crippen LogP contribution in [0.1, 0.15) is 25.0 Å². The Morgan fingerprint density at radius 2 is 2.00 bits per heavy atom. The summed E-state index contributed by atoms with van der Waals surface area (Å²) in [6.07, 6.45) is 3.55. The molecule has 5 nitrogen and oxygen atoms in total. The van der Waals surface area contributed by atoms with Crippen molar-refractivity contribution in [3.8, 4) is 0 Å². The summed E-state index contributed by atoms with van der Waals surface area (Å²) >= 11 is 2.83. The highest BCUT2D eigenvalue weighted by atomic mass is 32.2. The summed E-state index contributed by atoms with van der Waals surface area (Å²) in [5.41, 5.74) is 3.29. The summed E-state index contributed by atoms with van der Waals surface area (Å²) in [4.78, 5) is 12.3. The lowest BCUT2D eigenvalue weighted by Crippen LogP contribution is -2.16. The predicted octanol–water partition coefficient (Wildman–Crippen LogP) is 3.99. The lowest BCUT2D eigenvalue weighted by atomic mass is 10.0. The van der Waals surface area contributed by atoms with Gasteiger partial charge in [0.2, 0.25) is 11.0 Å². The molecular formula is C17H22N4OS2. The summed E-state index contributed by atoms with van der Waals surface area (Å²) in [5, 5.41) is 15.0. The number of aryl methyl sites for hydroxylation is 2. The standard InChI is InChI=1S/C17H22N4OS2/c1-4-10-18-16-20-21-17(24-16)23-11-14(22)19-15-12(5-2)8-7-9-13(15)6-3/h4,7-9H,1,5-6,10-11H2,2-3H3,(H,18,20)(H,19,22). The number of hydrogen-bond acceptors (Lipinski definition) is 6. The van der Waals surface area contributed by atoms with Crippen LogP contribution >= 0.6 is 23.1 Å². The van der Waals surface area contributed by atoms with E-state index in [4.69, 9.17) is 0 Å². The Morgan fingerprint density at radius 1 is 1.29 bits per heavy atom. The maximum atomic E-state index is 12.3. The van der Waals surface area contributed by atoms with Crippen LogP contribution < -0.4 is 10.6 Å². The van der Waals surface area contributed by atoms with Crippen molar-refractivity contribution in [2.75, 3.05) is 22.9 Å². The quantitative estimate of drug-likeness (QED) is 0.521. The first-order chi connectivity index (χ1) is 11.7. The van der Waals surface area contributed by atoms with Gasteiger partial charge in [-0.1, -0.05) is 61.2 Å². The molecule has 0 atom stereocenters. The number of nitrogens with one attached hydrogen (secondary N) is 2. The molecule has 24 heavy (non-hydrogen) atoms. The molecule has 0 aliphatic rings. The third kappa shape index (κ3) is 5.07. The Hall–Kier alpha value is -1.86. The van der Waals surface area contributed by atoms with Crippen molar-refractivity contribution in [3.05, 3.63) is 42.0 Å². The molecule has 0 spiro atoms. The molecule has 0 bridgehead atoms. The number of para-hydroxylation sites is 1. The molecule has 2 aromatic rings. The molecule has 128 valence electrons. The average molecular weight is 363 g/mol. The van der Waals surface area contributed by atoms with Crippen molar-refractivity contribution < 1.29 is 4.79 Å². The highest BCUT2D eigenvalue weighted by Crippen LogP contribution is 2.26. The van der Waals surface area contributed by atoms with Gasteiger partial charge in [0.25, 0.3) is 0 Å². The zero-order valence-corrected chi connectivity index (χ0v) is 15.6. The van der Waals surface area contributed by atoms with Gasteiger partial charge in [-0.15, -0.1) is 16.8 Å². The maximum absolute atomic E-state index is 12.3. The lowest BCUT2D eigenvalue weighted by molar-refractivity contribution is -0.113. The maximum Gasteiger partial charge on any atom is 0.234 e. The molecule has 7 heteroatoms. The molecule has 0 saturated heterocycles. The molecule has 1 aromatic carbocycles. The zero-order valence-electron chi connectivity index (χ0n) is 14.0. The molecule has 1 aromatic heterocycles. The second-order valence-electron chi connectivity index (χ2n) is 5.04. The third-order valence-corrected chi connectivity index (χ3v) is 5.41. The van der Waals surface area contributed by atoms with E-state index in [1.165, 1.54) is 34.2 Å². The molecule has 0 radical (unpaired) electrons. The highest BCUT2D eigenvalue weighted by molar-refractivity contribution is 8.01. The summed E-state index contributed by atoms with van der Waals surface area (Å²) in [5.74, 6) is 0.295. The molecule has 2 rings (SSSR count). The molecule has 0 fully saturated rings. The highest BCUT2D eigenvalue weighted by Gasteiger charge is 2.12. The Labute approximate surface area is 151 Å². The number of nitrogens with zero attached hydrogens (tertiary/aromatic N) is 2. The van der Waals surface area contributed by atoms with Gasteiger partial charge in [0.05, 0.1) is 5.75 Å². The zero-order chi connectivity index (χ0) is 17.4. The largest absolute Gasteiger partial charge is 0.357 e. The first kappa shape index (κ1) is 18.5. The number of aromatic nitrogens is 2. The molecule has 1 heterocycles. The minimum Gasteiger partial charge on any atom is -0.357 e. The van der Waals surface area contributed by atoms with Crippen LogP contribution in [0, 0.1) is 0 Å². The van der Waals surface area contributed by atoms with Crippen molar-refractivity contribution in [1.29, 1.82) is 0 Å². The molecular weight excluding hydrogens is 340 g/mol. The van der Waals surface area contributed by atoms with Gasteiger partial charge in [0, 0.05) is 12.2 Å². The molecule has 0 saturated carbocycles. The van der Waals surface area contributed by atoms with Gasteiger partial charge in [0.1, 0.15) is 0 Å². The number of benzene rings is 1. The van der Waals surface area contributed by atoms with E-state index in [0.717, 1.165) is 28.0 Å². The fraction of sp³-hybridized carbons (Fsp3) is 0.353. The van der Waals surface area contributed by atoms with Crippen LogP contribution in [0.2, 0.25) is 0 Å². The third-order valence-electron chi connectivity index (χ3n) is 3.39. The van der Waals surface area contributed by atoms with E-state index in [1.54, 1.807) is 6.08 Å². The van der Waals surface area contributed by atoms with Gasteiger partial charge in [-0.05, 0) is 24.0 Å². The van der Waals surface area contributed by atoms with E-state index in [0.29, 0.717) is 12.3 Å². The van der Waals surface area contributed by atoms with E-state index >= 15 is 0 Å². The van der Waals surface area contributed by atoms with Gasteiger partial charge >= 0.3 is 0 Å². The van der Waals surface area contributed by atoms with E-state index in [-0.39, 0.29) is 5.91 Å². The number of carbonyl (C=O) groups excluding carboxylic acids is 1. The van der Waals surface area contributed by atoms with E-state index in [1.807, 2.05) is 6.07 Å². The molecule has 0 aliphatic carbocycles. The van der Waals surface area contributed by atoms with Gasteiger partial charge in [-0.2, -0.15) is 0 Å². The van der Waals surface area contributed by atoms with Crippen molar-refractivity contribution in [3.63, 3.8) is 0 Å². The average Bonchev–Trinajstić information content (AvgIpc) is 3.06. The second kappa shape index (κ2) is 9.44. The van der Waals surface area contributed by atoms with Crippen LogP contribution in [0.4, 0.5) is 10.8 Å². The molecule has 1 amide bonds. The van der Waals surface area contributed by atoms with Crippen LogP contribution in [0.25, 0.3) is 0 Å². The SMILES string of the molecule is C=CCNc1nnc(SCC(=O)Nc2c(CC)cccc2CC)s1. The van der Waals surface area contributed by atoms with Crippen LogP contribution in [0.15, 0.2) is 35.2 Å². The fourth-order valence-electron chi connectivity index (χ4n) is 2.20. The first-order valence-corrected chi connectivity index (χ1v) is 9.69. The minimum atomic E-state index is -0.0219. The minimum absolute atomic E-state index is 0.0219. The smallest absolute Gasteiger partial charge is 0.234 e. The first-order valence-electron chi connectivity index (χ1n) is 7.89. The number of rotatable bonds is 9. The number of hydrogen-bond donors (Lipinski definition) is 2. The summed E-state index contributed by atoms with van der Waals surface area (Å²) < 4.78 is 0.774. The Morgan fingerprint density at radius 3 is 2.62 bits per heavy atom. The Kier molecular flexibility index (Phi) is 7.27. The van der Waals surface area contributed by atoms with Crippen molar-refractivity contribution in [2.45, 2.75) is 31.0 Å². The van der Waals surface area contributed by atoms with Crippen LogP contribution in [0.3, 0.4) is 0 Å². The topological polar surface area (TPSA) is 66.9 Å². The van der Waals surface area contributed by atoms with Crippen molar-refractivity contribution >= 4 is 39.8 Å². The normalized spacial score (nSPS) is 10.4. The number of thioether (sulfide) groups is 1. The van der Waals surface area contributed by atoms with Gasteiger partial charge in [-0.3, -0.25) is 4.79 Å². The van der Waals surface area contributed by atoms with Crippen LogP contribution in [0.5, 0.6) is 0 Å². The number of carbonyl (C=O) groups is 1. The van der Waals surface area contributed by atoms with Gasteiger partial charge < -0.3 is 10.6 Å². The van der Waals surface area contributed by atoms with Crippen LogP contribution in [-0.4, -0.2) is 28.4 Å². The van der Waals surface area contributed by atoms with Gasteiger partial charge in [0.15, 0.2) is 4.34 Å². The van der Waals surface area contributed by atoms with Crippen LogP contribution in [-0.2, 0) is 17.6 Å². The van der Waals surface area contributed by atoms with E-state index in [9.17, 15) is 4.79 Å². The molecule has 0 aliphatic heterocycles. The monoisotopic (exact) mass is 362 g/mol.